The number of nitrogens with zero attached hydrogens (tertiary/aromatic N) is 1. The lowest BCUT2D eigenvalue weighted by Gasteiger charge is -2.25. The van der Waals surface area contributed by atoms with Crippen molar-refractivity contribution in [1.82, 2.24) is 20.3 Å². The summed E-state index contributed by atoms with van der Waals surface area (Å²) >= 11 is 0. The van der Waals surface area contributed by atoms with Crippen molar-refractivity contribution in [2.75, 3.05) is 31.9 Å². The van der Waals surface area contributed by atoms with E-state index in [0.717, 1.165) is 37.9 Å². The van der Waals surface area contributed by atoms with Gasteiger partial charge in [-0.05, 0) is 56.2 Å². The number of fused-ring (bicyclic) bond motifs is 1. The molecule has 1 heterocycles. The molecule has 1 aliphatic rings. The first-order chi connectivity index (χ1) is 14.0. The molecule has 1 saturated carbocycles. The number of hydrogen-bond donors (Lipinski definition) is 4. The third kappa shape index (κ3) is 6.21. The minimum absolute atomic E-state index is 0.0118. The van der Waals surface area contributed by atoms with Crippen LogP contribution < -0.4 is 15.4 Å². The second-order valence-electron chi connectivity index (χ2n) is 7.71. The summed E-state index contributed by atoms with van der Waals surface area (Å²) in [4.78, 5) is 7.75. The number of aromatic nitrogens is 1. The molecule has 7 nitrogen and oxygen atoms in total. The number of aromatic amines is 1. The topological polar surface area (TPSA) is 98.4 Å². The molecule has 0 saturated heterocycles. The summed E-state index contributed by atoms with van der Waals surface area (Å²) in [5, 5.41) is 7.77. The molecule has 8 heteroatoms. The maximum Gasteiger partial charge on any atom is 0.213 e. The maximum atomic E-state index is 12.1. The molecule has 1 aromatic carbocycles. The highest BCUT2D eigenvalue weighted by Crippen LogP contribution is 2.25. The van der Waals surface area contributed by atoms with E-state index in [1.165, 1.54) is 22.9 Å². The van der Waals surface area contributed by atoms with Crippen molar-refractivity contribution in [3.8, 4) is 0 Å². The number of benzene rings is 1. The maximum absolute atomic E-state index is 12.1. The zero-order valence-corrected chi connectivity index (χ0v) is 18.2. The first kappa shape index (κ1) is 21.6. The first-order valence-electron chi connectivity index (χ1n) is 10.5. The van der Waals surface area contributed by atoms with Crippen molar-refractivity contribution in [1.29, 1.82) is 0 Å². The number of hydrogen-bond acceptors (Lipinski definition) is 3. The molecule has 0 spiro atoms. The third-order valence-corrected chi connectivity index (χ3v) is 6.80. The Morgan fingerprint density at radius 3 is 2.83 bits per heavy atom. The normalized spacial score (nSPS) is 15.4. The van der Waals surface area contributed by atoms with Crippen molar-refractivity contribution in [2.24, 2.45) is 10.9 Å². The summed E-state index contributed by atoms with van der Waals surface area (Å²) in [7, 11) is -3.27. The highest BCUT2D eigenvalue weighted by molar-refractivity contribution is 7.89. The number of aliphatic imine (C=N–C) groups is 1. The summed E-state index contributed by atoms with van der Waals surface area (Å²) in [5.41, 5.74) is 3.68. The highest BCUT2D eigenvalue weighted by Gasteiger charge is 2.19. The van der Waals surface area contributed by atoms with Crippen LogP contribution in [-0.2, 0) is 16.4 Å². The van der Waals surface area contributed by atoms with Gasteiger partial charge in [0.2, 0.25) is 10.0 Å². The molecule has 1 aromatic heterocycles. The average Bonchev–Trinajstić information content (AvgIpc) is 3.05. The fourth-order valence-electron chi connectivity index (χ4n) is 3.60. The summed E-state index contributed by atoms with van der Waals surface area (Å²) < 4.78 is 26.9. The van der Waals surface area contributed by atoms with Gasteiger partial charge in [0.25, 0.3) is 0 Å². The van der Waals surface area contributed by atoms with Crippen molar-refractivity contribution >= 4 is 26.9 Å². The van der Waals surface area contributed by atoms with E-state index < -0.39 is 10.0 Å². The van der Waals surface area contributed by atoms with Crippen LogP contribution in [0.1, 0.15) is 37.3 Å². The molecule has 0 atom stereocenters. The second-order valence-corrected chi connectivity index (χ2v) is 9.64. The zero-order valence-electron chi connectivity index (χ0n) is 17.4. The molecule has 1 fully saturated rings. The Kier molecular flexibility index (Phi) is 7.55. The molecule has 4 N–H and O–H groups in total. The van der Waals surface area contributed by atoms with Gasteiger partial charge in [-0.15, -0.1) is 0 Å². The molecule has 3 rings (SSSR count). The Hall–Kier alpha value is -2.06. The van der Waals surface area contributed by atoms with Gasteiger partial charge in [-0.1, -0.05) is 18.6 Å². The van der Waals surface area contributed by atoms with Crippen LogP contribution in [0.2, 0.25) is 0 Å². The average molecular weight is 420 g/mol. The van der Waals surface area contributed by atoms with E-state index in [1.54, 1.807) is 0 Å². The smallest absolute Gasteiger partial charge is 0.213 e. The second kappa shape index (κ2) is 10.1. The predicted molar refractivity (Wildman–Crippen MR) is 120 cm³/mol. The van der Waals surface area contributed by atoms with Crippen molar-refractivity contribution in [3.05, 3.63) is 35.5 Å². The first-order valence-corrected chi connectivity index (χ1v) is 12.2. The van der Waals surface area contributed by atoms with Gasteiger partial charge < -0.3 is 15.6 Å². The Bertz CT molecular complexity index is 932. The minimum atomic E-state index is -3.27. The molecule has 0 radical (unpaired) electrons. The Balaban J connectivity index is 1.48. The fraction of sp³-hybridized carbons (Fsp3) is 0.571. The van der Waals surface area contributed by atoms with E-state index in [-0.39, 0.29) is 12.3 Å². The van der Waals surface area contributed by atoms with E-state index in [0.29, 0.717) is 18.4 Å². The molecule has 0 bridgehead atoms. The predicted octanol–water partition coefficient (Wildman–Crippen LogP) is 2.29. The van der Waals surface area contributed by atoms with Gasteiger partial charge in [0.15, 0.2) is 5.96 Å². The zero-order chi connectivity index (χ0) is 20.7. The molecule has 29 heavy (non-hydrogen) atoms. The number of rotatable bonds is 10. The van der Waals surface area contributed by atoms with Crippen LogP contribution in [0, 0.1) is 12.8 Å². The van der Waals surface area contributed by atoms with Crippen molar-refractivity contribution in [3.63, 3.8) is 0 Å². The molecule has 0 aliphatic heterocycles. The van der Waals surface area contributed by atoms with Crippen LogP contribution in [0.25, 0.3) is 10.9 Å². The number of nitrogens with one attached hydrogen (secondary N) is 4. The summed E-state index contributed by atoms with van der Waals surface area (Å²) in [6.45, 7) is 6.37. The van der Waals surface area contributed by atoms with Crippen LogP contribution in [0.4, 0.5) is 0 Å². The quantitative estimate of drug-likeness (QED) is 0.351. The van der Waals surface area contributed by atoms with Gasteiger partial charge in [-0.25, -0.2) is 13.1 Å². The van der Waals surface area contributed by atoms with Gasteiger partial charge in [-0.2, -0.15) is 0 Å². The van der Waals surface area contributed by atoms with Crippen LogP contribution in [0.5, 0.6) is 0 Å². The van der Waals surface area contributed by atoms with Crippen LogP contribution in [0.15, 0.2) is 29.4 Å². The van der Waals surface area contributed by atoms with Crippen LogP contribution >= 0.6 is 0 Å². The summed E-state index contributed by atoms with van der Waals surface area (Å²) in [5.74, 6) is 1.18. The molecule has 160 valence electrons. The van der Waals surface area contributed by atoms with Crippen molar-refractivity contribution in [2.45, 2.75) is 39.5 Å². The van der Waals surface area contributed by atoms with E-state index in [2.05, 4.69) is 56.7 Å². The number of aryl methyl sites for hydroxylation is 1. The van der Waals surface area contributed by atoms with E-state index in [1.807, 2.05) is 6.92 Å². The van der Waals surface area contributed by atoms with Crippen molar-refractivity contribution < 1.29 is 8.42 Å². The van der Waals surface area contributed by atoms with Gasteiger partial charge >= 0.3 is 0 Å². The van der Waals surface area contributed by atoms with E-state index >= 15 is 0 Å². The summed E-state index contributed by atoms with van der Waals surface area (Å²) in [6, 6.07) is 6.27. The van der Waals surface area contributed by atoms with Gasteiger partial charge in [0.1, 0.15) is 0 Å². The van der Waals surface area contributed by atoms with Gasteiger partial charge in [-0.3, -0.25) is 4.99 Å². The molecular formula is C21H33N5O2S. The third-order valence-electron chi connectivity index (χ3n) is 5.47. The van der Waals surface area contributed by atoms with Crippen LogP contribution in [-0.4, -0.2) is 51.3 Å². The Morgan fingerprint density at radius 1 is 1.28 bits per heavy atom. The standard InChI is InChI=1S/C21H33N5O2S/c1-3-22-21(24-12-13-29(27,28)26-14-17-7-5-8-17)23-11-10-18-15-25-19-9-4-6-16(2)20(18)19/h4,6,9,15,17,25-26H,3,5,7-8,10-14H2,1-2H3,(H2,22,23,24). The minimum Gasteiger partial charge on any atom is -0.361 e. The fourth-order valence-corrected chi connectivity index (χ4v) is 4.56. The lowest BCUT2D eigenvalue weighted by Crippen LogP contribution is -2.39. The Labute approximate surface area is 173 Å². The lowest BCUT2D eigenvalue weighted by molar-refractivity contribution is 0.316. The largest absolute Gasteiger partial charge is 0.361 e. The molecule has 0 amide bonds. The number of H-pyrrole nitrogens is 1. The highest BCUT2D eigenvalue weighted by atomic mass is 32.2. The molecule has 1 aliphatic carbocycles. The van der Waals surface area contributed by atoms with E-state index in [4.69, 9.17) is 0 Å². The van der Waals surface area contributed by atoms with Gasteiger partial charge in [0.05, 0.1) is 12.3 Å². The summed E-state index contributed by atoms with van der Waals surface area (Å²) in [6.07, 6.45) is 6.39. The van der Waals surface area contributed by atoms with Crippen LogP contribution in [0.3, 0.4) is 0 Å². The lowest BCUT2D eigenvalue weighted by atomic mass is 9.86. The molecular weight excluding hydrogens is 386 g/mol. The number of guanidine groups is 1. The van der Waals surface area contributed by atoms with E-state index in [9.17, 15) is 8.42 Å². The monoisotopic (exact) mass is 419 g/mol. The molecule has 2 aromatic rings. The SMILES string of the molecule is CCNC(=NCCS(=O)(=O)NCC1CCC1)NCCc1c[nH]c2cccc(C)c12. The molecule has 0 unspecified atom stereocenters. The Morgan fingerprint density at radius 2 is 2.10 bits per heavy atom. The van der Waals surface area contributed by atoms with Gasteiger partial charge in [0, 0.05) is 36.7 Å². The number of sulfonamides is 1.